The molecule has 1 saturated heterocycles. The van der Waals surface area contributed by atoms with Crippen LogP contribution < -0.4 is 13.9 Å². The summed E-state index contributed by atoms with van der Waals surface area (Å²) >= 11 is 1.39. The lowest BCUT2D eigenvalue weighted by Gasteiger charge is -2.26. The number of morpholine rings is 1. The average molecular weight is 363 g/mol. The van der Waals surface area contributed by atoms with Gasteiger partial charge in [-0.1, -0.05) is 12.1 Å². The molecule has 0 radical (unpaired) electrons. The van der Waals surface area contributed by atoms with E-state index in [9.17, 15) is 8.78 Å². The van der Waals surface area contributed by atoms with Crippen molar-refractivity contribution in [2.24, 2.45) is 0 Å². The Morgan fingerprint density at radius 2 is 2.00 bits per heavy atom. The second-order valence-electron chi connectivity index (χ2n) is 6.05. The fourth-order valence-electron chi connectivity index (χ4n) is 3.07. The minimum absolute atomic E-state index is 0.147. The van der Waals surface area contributed by atoms with Crippen molar-refractivity contribution in [1.82, 2.24) is 5.32 Å². The first-order valence-electron chi connectivity index (χ1n) is 8.34. The maximum atomic E-state index is 14.2. The first kappa shape index (κ1) is 16.6. The zero-order chi connectivity index (χ0) is 17.2. The van der Waals surface area contributed by atoms with Gasteiger partial charge < -0.3 is 10.1 Å². The summed E-state index contributed by atoms with van der Waals surface area (Å²) in [5.74, 6) is -0.595. The first-order valence-corrected chi connectivity index (χ1v) is 9.07. The molecule has 25 heavy (non-hydrogen) atoms. The van der Waals surface area contributed by atoms with Crippen LogP contribution in [0.2, 0.25) is 0 Å². The third-order valence-corrected chi connectivity index (χ3v) is 5.47. The normalized spacial score (nSPS) is 20.0. The molecule has 4 rings (SSSR count). The van der Waals surface area contributed by atoms with Crippen molar-refractivity contribution in [1.29, 1.82) is 0 Å². The molecule has 2 heterocycles. The van der Waals surface area contributed by atoms with E-state index in [1.807, 2.05) is 8.61 Å². The summed E-state index contributed by atoms with van der Waals surface area (Å²) < 4.78 is 37.6. The van der Waals surface area contributed by atoms with Gasteiger partial charge in [-0.15, -0.1) is 0 Å². The Labute approximate surface area is 150 Å². The molecule has 1 unspecified atom stereocenters. The molecular weight excluding hydrogens is 344 g/mol. The number of nitrogens with zero attached hydrogens (tertiary/aromatic N) is 2. The van der Waals surface area contributed by atoms with E-state index in [2.05, 4.69) is 5.32 Å². The van der Waals surface area contributed by atoms with E-state index < -0.39 is 0 Å². The van der Waals surface area contributed by atoms with E-state index >= 15 is 0 Å². The molecule has 0 amide bonds. The standard InChI is InChI=1S/C18H19F2N3OS/c19-13-5-6-17-18(11-13)22(9-7-14-12-21-8-10-24-14)25-23(17)16-4-2-1-3-15(16)20/h1-6,11,14,21H,7-10,12H2. The molecule has 2 aromatic carbocycles. The predicted molar refractivity (Wildman–Crippen MR) is 97.1 cm³/mol. The molecule has 0 aromatic heterocycles. The third-order valence-electron chi connectivity index (χ3n) is 4.33. The Kier molecular flexibility index (Phi) is 4.78. The van der Waals surface area contributed by atoms with Crippen LogP contribution in [0.25, 0.3) is 0 Å². The second kappa shape index (κ2) is 7.19. The van der Waals surface area contributed by atoms with E-state index in [4.69, 9.17) is 4.74 Å². The summed E-state index contributed by atoms with van der Waals surface area (Å²) in [6, 6.07) is 11.2. The van der Waals surface area contributed by atoms with Crippen molar-refractivity contribution in [3.63, 3.8) is 0 Å². The first-order chi connectivity index (χ1) is 12.2. The van der Waals surface area contributed by atoms with Crippen LogP contribution in [0.1, 0.15) is 6.42 Å². The minimum atomic E-state index is -0.299. The van der Waals surface area contributed by atoms with Gasteiger partial charge in [-0.25, -0.2) is 8.78 Å². The zero-order valence-electron chi connectivity index (χ0n) is 13.6. The summed E-state index contributed by atoms with van der Waals surface area (Å²) in [6.45, 7) is 3.11. The summed E-state index contributed by atoms with van der Waals surface area (Å²) in [7, 11) is 0. The van der Waals surface area contributed by atoms with E-state index in [-0.39, 0.29) is 17.7 Å². The molecule has 1 N–H and O–H groups in total. The molecule has 2 aliphatic heterocycles. The highest BCUT2D eigenvalue weighted by atomic mass is 32.2. The van der Waals surface area contributed by atoms with Crippen molar-refractivity contribution in [2.75, 3.05) is 34.9 Å². The Morgan fingerprint density at radius 3 is 2.80 bits per heavy atom. The lowest BCUT2D eigenvalue weighted by Crippen LogP contribution is -2.39. The molecule has 4 nitrogen and oxygen atoms in total. The predicted octanol–water partition coefficient (Wildman–Crippen LogP) is 3.86. The zero-order valence-corrected chi connectivity index (χ0v) is 14.4. The molecule has 0 aliphatic carbocycles. The molecule has 2 aliphatic rings. The summed E-state index contributed by atoms with van der Waals surface area (Å²) in [6.07, 6.45) is 0.968. The maximum Gasteiger partial charge on any atom is 0.147 e. The number of ether oxygens (including phenoxy) is 1. The number of para-hydroxylation sites is 1. The SMILES string of the molecule is Fc1ccc2c(c1)N(CCC1CNCCO1)SN2c1ccccc1F. The van der Waals surface area contributed by atoms with Crippen LogP contribution in [-0.2, 0) is 4.74 Å². The van der Waals surface area contributed by atoms with Gasteiger partial charge in [0.2, 0.25) is 0 Å². The average Bonchev–Trinajstić information content (AvgIpc) is 2.99. The highest BCUT2D eigenvalue weighted by Crippen LogP contribution is 2.49. The number of anilines is 3. The Hall–Kier alpha value is -1.83. The number of benzene rings is 2. The highest BCUT2D eigenvalue weighted by molar-refractivity contribution is 8.02. The summed E-state index contributed by atoms with van der Waals surface area (Å²) in [5, 5.41) is 3.31. The second-order valence-corrected chi connectivity index (χ2v) is 7.02. The monoisotopic (exact) mass is 363 g/mol. The van der Waals surface area contributed by atoms with Gasteiger partial charge in [0, 0.05) is 25.7 Å². The number of fused-ring (bicyclic) bond motifs is 1. The smallest absolute Gasteiger partial charge is 0.147 e. The Balaban J connectivity index is 1.57. The summed E-state index contributed by atoms with van der Waals surface area (Å²) in [5.41, 5.74) is 2.02. The molecule has 1 atom stereocenters. The number of nitrogens with one attached hydrogen (secondary N) is 1. The van der Waals surface area contributed by atoms with E-state index in [1.54, 1.807) is 24.3 Å². The number of hydrogen-bond acceptors (Lipinski definition) is 5. The highest BCUT2D eigenvalue weighted by Gasteiger charge is 2.31. The third kappa shape index (κ3) is 3.44. The van der Waals surface area contributed by atoms with Crippen LogP contribution in [0.3, 0.4) is 0 Å². The van der Waals surface area contributed by atoms with Crippen LogP contribution >= 0.6 is 12.1 Å². The largest absolute Gasteiger partial charge is 0.376 e. The molecule has 7 heteroatoms. The van der Waals surface area contributed by atoms with Crippen molar-refractivity contribution in [2.45, 2.75) is 12.5 Å². The topological polar surface area (TPSA) is 27.7 Å². The Bertz CT molecular complexity index is 755. The van der Waals surface area contributed by atoms with E-state index in [0.29, 0.717) is 18.8 Å². The minimum Gasteiger partial charge on any atom is -0.376 e. The van der Waals surface area contributed by atoms with Crippen LogP contribution in [0.5, 0.6) is 0 Å². The van der Waals surface area contributed by atoms with Gasteiger partial charge in [0.15, 0.2) is 0 Å². The van der Waals surface area contributed by atoms with Gasteiger partial charge in [0.05, 0.1) is 41.9 Å². The van der Waals surface area contributed by atoms with Crippen LogP contribution in [-0.4, -0.2) is 32.3 Å². The van der Waals surface area contributed by atoms with Gasteiger partial charge in [-0.2, -0.15) is 0 Å². The van der Waals surface area contributed by atoms with E-state index in [0.717, 1.165) is 30.9 Å². The number of halogens is 2. The lowest BCUT2D eigenvalue weighted by atomic mass is 10.2. The molecular formula is C18H19F2N3OS. The summed E-state index contributed by atoms with van der Waals surface area (Å²) in [4.78, 5) is 0. The quantitative estimate of drug-likeness (QED) is 0.833. The van der Waals surface area contributed by atoms with Crippen molar-refractivity contribution >= 4 is 29.2 Å². The van der Waals surface area contributed by atoms with Gasteiger partial charge in [-0.3, -0.25) is 8.61 Å². The van der Waals surface area contributed by atoms with Crippen LogP contribution in [0, 0.1) is 11.6 Å². The molecule has 2 aromatic rings. The molecule has 1 fully saturated rings. The van der Waals surface area contributed by atoms with Gasteiger partial charge in [0.1, 0.15) is 11.6 Å². The van der Waals surface area contributed by atoms with Gasteiger partial charge in [0.25, 0.3) is 0 Å². The van der Waals surface area contributed by atoms with Gasteiger partial charge >= 0.3 is 0 Å². The molecule has 132 valence electrons. The molecule has 0 bridgehead atoms. The Morgan fingerprint density at radius 1 is 1.12 bits per heavy atom. The molecule has 0 saturated carbocycles. The fourth-order valence-corrected chi connectivity index (χ4v) is 4.17. The van der Waals surface area contributed by atoms with Gasteiger partial charge in [-0.05, 0) is 30.7 Å². The number of rotatable bonds is 4. The van der Waals surface area contributed by atoms with Crippen LogP contribution in [0.15, 0.2) is 42.5 Å². The van der Waals surface area contributed by atoms with Crippen LogP contribution in [0.4, 0.5) is 25.8 Å². The maximum absolute atomic E-state index is 14.2. The lowest BCUT2D eigenvalue weighted by molar-refractivity contribution is 0.0254. The number of hydrogen-bond donors (Lipinski definition) is 1. The molecule has 0 spiro atoms. The van der Waals surface area contributed by atoms with E-state index in [1.165, 1.54) is 30.3 Å². The van der Waals surface area contributed by atoms with Crippen molar-refractivity contribution in [3.8, 4) is 0 Å². The van der Waals surface area contributed by atoms with Crippen molar-refractivity contribution < 1.29 is 13.5 Å². The van der Waals surface area contributed by atoms with Crippen molar-refractivity contribution in [3.05, 3.63) is 54.1 Å². The fraction of sp³-hybridized carbons (Fsp3) is 0.333.